The number of benzene rings is 1. The molecule has 1 aliphatic heterocycles. The Morgan fingerprint density at radius 3 is 2.49 bits per heavy atom. The fourth-order valence-electron chi connectivity index (χ4n) is 4.07. The van der Waals surface area contributed by atoms with Crippen molar-refractivity contribution in [2.24, 2.45) is 5.41 Å². The first-order chi connectivity index (χ1) is 16.7. The number of hydrogen-bond donors (Lipinski definition) is 1. The number of fused-ring (bicyclic) bond motifs is 1. The number of piperazine rings is 1. The smallest absolute Gasteiger partial charge is 0.228 e. The maximum Gasteiger partial charge on any atom is 0.228 e. The van der Waals surface area contributed by atoms with Crippen LogP contribution in [-0.2, 0) is 11.3 Å². The molecule has 0 saturated carbocycles. The molecular weight excluding hydrogens is 466 g/mol. The zero-order valence-corrected chi connectivity index (χ0v) is 21.8. The third kappa shape index (κ3) is 5.46. The lowest BCUT2D eigenvalue weighted by Gasteiger charge is -2.37. The van der Waals surface area contributed by atoms with Gasteiger partial charge in [0.05, 0.1) is 19.1 Å². The Morgan fingerprint density at radius 2 is 1.83 bits per heavy atom. The Kier molecular flexibility index (Phi) is 7.36. The average molecular weight is 500 g/mol. The van der Waals surface area contributed by atoms with E-state index in [0.717, 1.165) is 54.3 Å². The summed E-state index contributed by atoms with van der Waals surface area (Å²) in [5.74, 6) is 2.02. The van der Waals surface area contributed by atoms with Crippen LogP contribution < -0.4 is 15.2 Å². The zero-order valence-electron chi connectivity index (χ0n) is 20.9. The normalized spacial score (nSPS) is 14.9. The number of nitrogens with two attached hydrogens (primary N) is 1. The number of methoxy groups -OCH3 is 2. The van der Waals surface area contributed by atoms with Gasteiger partial charge in [0.15, 0.2) is 22.1 Å². The van der Waals surface area contributed by atoms with E-state index in [9.17, 15) is 4.79 Å². The van der Waals surface area contributed by atoms with Gasteiger partial charge >= 0.3 is 0 Å². The number of carbonyl (C=O) groups excluding carboxylic acids is 1. The highest BCUT2D eigenvalue weighted by Crippen LogP contribution is 2.38. The van der Waals surface area contributed by atoms with Crippen molar-refractivity contribution < 1.29 is 14.3 Å². The Bertz CT molecular complexity index is 1200. The van der Waals surface area contributed by atoms with Gasteiger partial charge in [0.2, 0.25) is 5.91 Å². The van der Waals surface area contributed by atoms with Gasteiger partial charge in [-0.1, -0.05) is 20.8 Å². The third-order valence-corrected chi connectivity index (χ3v) is 7.07. The van der Waals surface area contributed by atoms with Crippen LogP contribution in [0.15, 0.2) is 34.6 Å². The van der Waals surface area contributed by atoms with Crippen LogP contribution in [0, 0.1) is 5.41 Å². The van der Waals surface area contributed by atoms with Gasteiger partial charge in [-0.2, -0.15) is 0 Å². The van der Waals surface area contributed by atoms with E-state index in [1.807, 2.05) is 43.9 Å². The number of ether oxygens (including phenoxy) is 2. The van der Waals surface area contributed by atoms with E-state index in [0.29, 0.717) is 23.5 Å². The molecule has 0 unspecified atom stereocenters. The minimum atomic E-state index is -0.356. The molecule has 2 N–H and O–H groups in total. The Balaban J connectivity index is 1.54. The Morgan fingerprint density at radius 1 is 1.09 bits per heavy atom. The summed E-state index contributed by atoms with van der Waals surface area (Å²) in [5.41, 5.74) is 7.04. The molecule has 0 bridgehead atoms. The highest BCUT2D eigenvalue weighted by molar-refractivity contribution is 7.99. The second kappa shape index (κ2) is 10.3. The van der Waals surface area contributed by atoms with E-state index in [-0.39, 0.29) is 11.3 Å². The molecule has 1 aliphatic rings. The maximum absolute atomic E-state index is 12.6. The molecule has 11 heteroatoms. The standard InChI is InChI=1S/C24H33N7O3S/c1-24(2,3)22(32)30-11-8-29(9-12-30)10-13-31-21-19(20(25)26-15-27-21)28-23(31)35-18-14-16(33-4)6-7-17(18)34-5/h6-7,14-15H,8-13H2,1-5H3,(H2,25,26,27). The van der Waals surface area contributed by atoms with Crippen LogP contribution in [0.5, 0.6) is 11.5 Å². The van der Waals surface area contributed by atoms with Gasteiger partial charge in [0.25, 0.3) is 0 Å². The number of hydrogen-bond acceptors (Lipinski definition) is 9. The second-order valence-corrected chi connectivity index (χ2v) is 10.5. The summed E-state index contributed by atoms with van der Waals surface area (Å²) in [4.78, 5) is 31.2. The predicted molar refractivity (Wildman–Crippen MR) is 136 cm³/mol. The monoisotopic (exact) mass is 499 g/mol. The quantitative estimate of drug-likeness (QED) is 0.524. The number of amides is 1. The van der Waals surface area contributed by atoms with Gasteiger partial charge in [0.1, 0.15) is 17.8 Å². The molecular formula is C24H33N7O3S. The molecule has 3 heterocycles. The van der Waals surface area contributed by atoms with Crippen LogP contribution in [0.2, 0.25) is 0 Å². The number of rotatable bonds is 7. The highest BCUT2D eigenvalue weighted by atomic mass is 32.2. The summed E-state index contributed by atoms with van der Waals surface area (Å²) in [6.07, 6.45) is 1.47. The summed E-state index contributed by atoms with van der Waals surface area (Å²) in [7, 11) is 3.28. The second-order valence-electron chi connectivity index (χ2n) is 9.48. The number of imidazole rings is 1. The van der Waals surface area contributed by atoms with E-state index >= 15 is 0 Å². The summed E-state index contributed by atoms with van der Waals surface area (Å²) in [6.45, 7) is 10.5. The molecule has 10 nitrogen and oxygen atoms in total. The Hall–Kier alpha value is -3.05. The summed E-state index contributed by atoms with van der Waals surface area (Å²) in [6, 6.07) is 5.66. The number of aromatic nitrogens is 4. The highest BCUT2D eigenvalue weighted by Gasteiger charge is 2.29. The molecule has 4 rings (SSSR count). The maximum atomic E-state index is 12.6. The third-order valence-electron chi connectivity index (χ3n) is 6.04. The predicted octanol–water partition coefficient (Wildman–Crippen LogP) is 2.77. The van der Waals surface area contributed by atoms with Crippen LogP contribution in [0.3, 0.4) is 0 Å². The van der Waals surface area contributed by atoms with Crippen molar-refractivity contribution in [1.82, 2.24) is 29.3 Å². The van der Waals surface area contributed by atoms with Crippen molar-refractivity contribution in [1.29, 1.82) is 0 Å². The Labute approximate surface area is 209 Å². The molecule has 0 spiro atoms. The van der Waals surface area contributed by atoms with Gasteiger partial charge in [-0.15, -0.1) is 0 Å². The molecule has 0 aliphatic carbocycles. The van der Waals surface area contributed by atoms with Gasteiger partial charge in [0, 0.05) is 44.7 Å². The molecule has 1 saturated heterocycles. The molecule has 188 valence electrons. The lowest BCUT2D eigenvalue weighted by Crippen LogP contribution is -2.52. The average Bonchev–Trinajstić information content (AvgIpc) is 3.20. The minimum absolute atomic E-state index is 0.204. The van der Waals surface area contributed by atoms with Gasteiger partial charge in [-0.05, 0) is 30.0 Å². The van der Waals surface area contributed by atoms with Crippen molar-refractivity contribution in [3.8, 4) is 11.5 Å². The zero-order chi connectivity index (χ0) is 25.2. The number of nitrogen functional groups attached to an aromatic ring is 1. The van der Waals surface area contributed by atoms with Gasteiger partial charge < -0.3 is 24.7 Å². The molecule has 0 radical (unpaired) electrons. The summed E-state index contributed by atoms with van der Waals surface area (Å²) < 4.78 is 13.0. The van der Waals surface area contributed by atoms with E-state index in [4.69, 9.17) is 20.2 Å². The molecule has 35 heavy (non-hydrogen) atoms. The van der Waals surface area contributed by atoms with Crippen LogP contribution in [0.4, 0.5) is 5.82 Å². The van der Waals surface area contributed by atoms with Crippen molar-refractivity contribution in [2.45, 2.75) is 37.4 Å². The molecule has 3 aromatic rings. The first kappa shape index (κ1) is 25.1. The van der Waals surface area contributed by atoms with Crippen LogP contribution >= 0.6 is 11.8 Å². The van der Waals surface area contributed by atoms with Crippen molar-refractivity contribution in [2.75, 3.05) is 52.7 Å². The number of nitrogens with zero attached hydrogens (tertiary/aromatic N) is 6. The minimum Gasteiger partial charge on any atom is -0.497 e. The summed E-state index contributed by atoms with van der Waals surface area (Å²) >= 11 is 1.48. The summed E-state index contributed by atoms with van der Waals surface area (Å²) in [5, 5.41) is 0.750. The van der Waals surface area contributed by atoms with Gasteiger partial charge in [-0.3, -0.25) is 9.69 Å². The van der Waals surface area contributed by atoms with Gasteiger partial charge in [-0.25, -0.2) is 15.0 Å². The lowest BCUT2D eigenvalue weighted by molar-refractivity contribution is -0.141. The lowest BCUT2D eigenvalue weighted by atomic mass is 9.94. The SMILES string of the molecule is COc1ccc(OC)c(Sc2nc3c(N)ncnc3n2CCN2CCN(C(=O)C(C)(C)C)CC2)c1. The fraction of sp³-hybridized carbons (Fsp3) is 0.500. The van der Waals surface area contributed by atoms with Crippen LogP contribution in [-0.4, -0.2) is 82.2 Å². The number of anilines is 1. The first-order valence-corrected chi connectivity index (χ1v) is 12.4. The van der Waals surface area contributed by atoms with E-state index < -0.39 is 0 Å². The van der Waals surface area contributed by atoms with Crippen LogP contribution in [0.25, 0.3) is 11.2 Å². The fourth-order valence-corrected chi connectivity index (χ4v) is 5.11. The topological polar surface area (TPSA) is 112 Å². The molecule has 2 aromatic heterocycles. The molecule has 0 atom stereocenters. The molecule has 1 aromatic carbocycles. The first-order valence-electron chi connectivity index (χ1n) is 11.6. The van der Waals surface area contributed by atoms with Crippen molar-refractivity contribution in [3.05, 3.63) is 24.5 Å². The largest absolute Gasteiger partial charge is 0.497 e. The van der Waals surface area contributed by atoms with E-state index in [1.165, 1.54) is 18.1 Å². The number of carbonyl (C=O) groups is 1. The van der Waals surface area contributed by atoms with Crippen LogP contribution in [0.1, 0.15) is 20.8 Å². The van der Waals surface area contributed by atoms with E-state index in [1.54, 1.807) is 14.2 Å². The molecule has 1 amide bonds. The van der Waals surface area contributed by atoms with E-state index in [2.05, 4.69) is 19.4 Å². The van der Waals surface area contributed by atoms with Crippen molar-refractivity contribution in [3.63, 3.8) is 0 Å². The molecule has 1 fully saturated rings. The van der Waals surface area contributed by atoms with Crippen molar-refractivity contribution >= 4 is 34.7 Å².